The molecule has 16 heavy (non-hydrogen) atoms. The molecule has 0 aliphatic heterocycles. The van der Waals surface area contributed by atoms with Gasteiger partial charge in [0, 0.05) is 0 Å². The molecule has 0 saturated heterocycles. The maximum absolute atomic E-state index is 11.9. The van der Waals surface area contributed by atoms with Crippen molar-refractivity contribution in [3.8, 4) is 0 Å². The van der Waals surface area contributed by atoms with Gasteiger partial charge < -0.3 is 10.4 Å². The van der Waals surface area contributed by atoms with Crippen molar-refractivity contribution in [2.75, 3.05) is 11.9 Å². The number of rotatable bonds is 3. The van der Waals surface area contributed by atoms with Gasteiger partial charge in [-0.05, 0) is 13.8 Å². The molecule has 90 valence electrons. The third-order valence-electron chi connectivity index (χ3n) is 1.92. The molecule has 1 aromatic rings. The predicted octanol–water partition coefficient (Wildman–Crippen LogP) is 0.824. The first-order valence-corrected chi connectivity index (χ1v) is 4.47. The van der Waals surface area contributed by atoms with Crippen molar-refractivity contribution < 1.29 is 18.3 Å². The van der Waals surface area contributed by atoms with Crippen molar-refractivity contribution in [3.05, 3.63) is 11.4 Å². The van der Waals surface area contributed by atoms with Gasteiger partial charge in [-0.2, -0.15) is 18.3 Å². The maximum Gasteiger partial charge on any atom is 0.416 e. The van der Waals surface area contributed by atoms with Crippen molar-refractivity contribution in [3.63, 3.8) is 0 Å². The van der Waals surface area contributed by atoms with Gasteiger partial charge in [0.1, 0.15) is 0 Å². The van der Waals surface area contributed by atoms with Crippen LogP contribution in [0.2, 0.25) is 0 Å². The number of aliphatic hydroxyl groups excluding tert-OH is 1. The van der Waals surface area contributed by atoms with Crippen molar-refractivity contribution in [1.29, 1.82) is 0 Å². The van der Waals surface area contributed by atoms with Crippen LogP contribution in [0.5, 0.6) is 0 Å². The average molecular weight is 236 g/mol. The Morgan fingerprint density at radius 3 is 2.38 bits per heavy atom. The summed E-state index contributed by atoms with van der Waals surface area (Å²) in [5.74, 6) is -0.0357. The van der Waals surface area contributed by atoms with Crippen molar-refractivity contribution in [2.45, 2.75) is 26.1 Å². The van der Waals surface area contributed by atoms with Gasteiger partial charge in [0.2, 0.25) is 5.95 Å². The van der Waals surface area contributed by atoms with Crippen molar-refractivity contribution in [2.24, 2.45) is 0 Å². The Hall–Kier alpha value is -1.44. The van der Waals surface area contributed by atoms with E-state index in [-0.39, 0.29) is 5.95 Å². The smallest absolute Gasteiger partial charge is 0.382 e. The standard InChI is InChI=1S/C8H11F3N4O/c1-4-5(2)14-15-7(13-4)12-3-6(16)8(9,10)11/h6,16H,3H2,1-2H3,(H,12,13,15). The highest BCUT2D eigenvalue weighted by atomic mass is 19.4. The summed E-state index contributed by atoms with van der Waals surface area (Å²) in [5, 5.41) is 18.2. The van der Waals surface area contributed by atoms with E-state index in [1.807, 2.05) is 0 Å². The number of anilines is 1. The molecular formula is C8H11F3N4O. The molecule has 1 heterocycles. The normalized spacial score (nSPS) is 13.6. The number of alkyl halides is 3. The van der Waals surface area contributed by atoms with Crippen LogP contribution in [0.1, 0.15) is 11.4 Å². The Morgan fingerprint density at radius 1 is 1.25 bits per heavy atom. The Bertz CT molecular complexity index is 369. The van der Waals surface area contributed by atoms with Crippen LogP contribution in [-0.4, -0.2) is 39.1 Å². The van der Waals surface area contributed by atoms with Crippen LogP contribution in [0.15, 0.2) is 0 Å². The second-order valence-corrected chi connectivity index (χ2v) is 3.24. The quantitative estimate of drug-likeness (QED) is 0.813. The lowest BCUT2D eigenvalue weighted by Gasteiger charge is -2.14. The summed E-state index contributed by atoms with van der Waals surface area (Å²) in [4.78, 5) is 3.86. The van der Waals surface area contributed by atoms with Crippen molar-refractivity contribution >= 4 is 5.95 Å². The van der Waals surface area contributed by atoms with E-state index in [1.54, 1.807) is 13.8 Å². The molecule has 0 radical (unpaired) electrons. The lowest BCUT2D eigenvalue weighted by Crippen LogP contribution is -2.35. The summed E-state index contributed by atoms with van der Waals surface area (Å²) in [6, 6.07) is 0. The van der Waals surface area contributed by atoms with Gasteiger partial charge in [0.25, 0.3) is 0 Å². The van der Waals surface area contributed by atoms with Crippen LogP contribution in [0.3, 0.4) is 0 Å². The minimum Gasteiger partial charge on any atom is -0.382 e. The first-order valence-electron chi connectivity index (χ1n) is 4.47. The summed E-state index contributed by atoms with van der Waals surface area (Å²) >= 11 is 0. The lowest BCUT2D eigenvalue weighted by atomic mass is 10.3. The van der Waals surface area contributed by atoms with E-state index in [0.29, 0.717) is 11.4 Å². The molecule has 0 spiro atoms. The molecule has 0 aliphatic carbocycles. The predicted molar refractivity (Wildman–Crippen MR) is 49.9 cm³/mol. The number of nitrogens with zero attached hydrogens (tertiary/aromatic N) is 3. The molecule has 0 saturated carbocycles. The fraction of sp³-hybridized carbons (Fsp3) is 0.625. The topological polar surface area (TPSA) is 70.9 Å². The molecule has 0 aliphatic rings. The second kappa shape index (κ2) is 4.60. The first kappa shape index (κ1) is 12.6. The zero-order valence-corrected chi connectivity index (χ0v) is 8.71. The number of nitrogens with one attached hydrogen (secondary N) is 1. The first-order chi connectivity index (χ1) is 7.30. The number of aliphatic hydroxyl groups is 1. The fourth-order valence-corrected chi connectivity index (χ4v) is 0.835. The van der Waals surface area contributed by atoms with Gasteiger partial charge in [-0.3, -0.25) is 0 Å². The summed E-state index contributed by atoms with van der Waals surface area (Å²) in [6.45, 7) is 2.65. The minimum atomic E-state index is -4.65. The Labute approximate surface area is 89.7 Å². The number of aryl methyl sites for hydroxylation is 2. The molecule has 1 unspecified atom stereocenters. The van der Waals surface area contributed by atoms with E-state index < -0.39 is 18.8 Å². The van der Waals surface area contributed by atoms with Crippen LogP contribution in [0.25, 0.3) is 0 Å². The van der Waals surface area contributed by atoms with Crippen LogP contribution >= 0.6 is 0 Å². The number of halogens is 3. The van der Waals surface area contributed by atoms with E-state index in [4.69, 9.17) is 5.11 Å². The molecule has 1 rings (SSSR count). The Balaban J connectivity index is 2.58. The molecular weight excluding hydrogens is 225 g/mol. The largest absolute Gasteiger partial charge is 0.416 e. The molecule has 5 nitrogen and oxygen atoms in total. The second-order valence-electron chi connectivity index (χ2n) is 3.24. The molecule has 0 aromatic carbocycles. The number of aromatic nitrogens is 3. The number of hydrogen-bond acceptors (Lipinski definition) is 5. The highest BCUT2D eigenvalue weighted by Crippen LogP contribution is 2.19. The highest BCUT2D eigenvalue weighted by molar-refractivity contribution is 5.24. The van der Waals surface area contributed by atoms with E-state index in [2.05, 4.69) is 20.5 Å². The summed E-state index contributed by atoms with van der Waals surface area (Å²) in [5.41, 5.74) is 1.17. The monoisotopic (exact) mass is 236 g/mol. The highest BCUT2D eigenvalue weighted by Gasteiger charge is 2.37. The zero-order valence-electron chi connectivity index (χ0n) is 8.71. The van der Waals surface area contributed by atoms with Gasteiger partial charge in [0.15, 0.2) is 6.10 Å². The molecule has 0 bridgehead atoms. The zero-order chi connectivity index (χ0) is 12.3. The Kier molecular flexibility index (Phi) is 3.63. The number of hydrogen-bond donors (Lipinski definition) is 2. The maximum atomic E-state index is 11.9. The third kappa shape index (κ3) is 3.30. The molecule has 0 amide bonds. The van der Waals surface area contributed by atoms with Gasteiger partial charge >= 0.3 is 6.18 Å². The van der Waals surface area contributed by atoms with Crippen LogP contribution < -0.4 is 5.32 Å². The lowest BCUT2D eigenvalue weighted by molar-refractivity contribution is -0.198. The molecule has 1 aromatic heterocycles. The SMILES string of the molecule is Cc1nnc(NCC(O)C(F)(F)F)nc1C. The van der Waals surface area contributed by atoms with Gasteiger partial charge in [-0.25, -0.2) is 4.98 Å². The molecule has 2 N–H and O–H groups in total. The molecule has 8 heteroatoms. The minimum absolute atomic E-state index is 0.0357. The van der Waals surface area contributed by atoms with Gasteiger partial charge in [0.05, 0.1) is 17.9 Å². The van der Waals surface area contributed by atoms with E-state index in [0.717, 1.165) is 0 Å². The van der Waals surface area contributed by atoms with Crippen LogP contribution in [0, 0.1) is 13.8 Å². The van der Waals surface area contributed by atoms with E-state index >= 15 is 0 Å². The van der Waals surface area contributed by atoms with Crippen LogP contribution in [0.4, 0.5) is 19.1 Å². The van der Waals surface area contributed by atoms with Gasteiger partial charge in [-0.1, -0.05) is 0 Å². The molecule has 0 fully saturated rings. The average Bonchev–Trinajstić information content (AvgIpc) is 2.18. The van der Waals surface area contributed by atoms with Crippen molar-refractivity contribution in [1.82, 2.24) is 15.2 Å². The van der Waals surface area contributed by atoms with E-state index in [9.17, 15) is 13.2 Å². The summed E-state index contributed by atoms with van der Waals surface area (Å²) in [7, 11) is 0. The summed E-state index contributed by atoms with van der Waals surface area (Å²) in [6.07, 6.45) is -7.10. The third-order valence-corrected chi connectivity index (χ3v) is 1.92. The summed E-state index contributed by atoms with van der Waals surface area (Å²) < 4.78 is 35.8. The van der Waals surface area contributed by atoms with Gasteiger partial charge in [-0.15, -0.1) is 5.10 Å². The molecule has 1 atom stereocenters. The fourth-order valence-electron chi connectivity index (χ4n) is 0.835. The van der Waals surface area contributed by atoms with E-state index in [1.165, 1.54) is 0 Å². The Morgan fingerprint density at radius 2 is 1.88 bits per heavy atom. The van der Waals surface area contributed by atoms with Crippen LogP contribution in [-0.2, 0) is 0 Å².